The van der Waals surface area contributed by atoms with Crippen molar-refractivity contribution in [3.05, 3.63) is 24.2 Å². The highest BCUT2D eigenvalue weighted by molar-refractivity contribution is 5.91. The first-order chi connectivity index (χ1) is 10.1. The molecule has 0 atom stereocenters. The number of carbonyl (C=O) groups is 2. The van der Waals surface area contributed by atoms with Gasteiger partial charge in [0.15, 0.2) is 5.76 Å². The lowest BCUT2D eigenvalue weighted by molar-refractivity contribution is -0.121. The molecule has 0 aliphatic heterocycles. The number of aliphatic hydroxyl groups is 1. The Morgan fingerprint density at radius 1 is 1.29 bits per heavy atom. The van der Waals surface area contributed by atoms with Crippen LogP contribution in [0.15, 0.2) is 22.8 Å². The van der Waals surface area contributed by atoms with Crippen LogP contribution in [-0.4, -0.2) is 36.6 Å². The lowest BCUT2D eigenvalue weighted by atomic mass is 9.83. The van der Waals surface area contributed by atoms with Gasteiger partial charge in [0, 0.05) is 24.9 Å². The molecule has 0 aliphatic carbocycles. The molecule has 0 spiro atoms. The summed E-state index contributed by atoms with van der Waals surface area (Å²) in [5.41, 5.74) is -0.257. The highest BCUT2D eigenvalue weighted by atomic mass is 16.3. The number of nitrogens with one attached hydrogen (secondary N) is 2. The Balaban J connectivity index is 2.27. The average Bonchev–Trinajstić information content (AvgIpc) is 3.03. The molecule has 21 heavy (non-hydrogen) atoms. The van der Waals surface area contributed by atoms with Crippen LogP contribution in [0.5, 0.6) is 0 Å². The van der Waals surface area contributed by atoms with Gasteiger partial charge in [-0.1, -0.05) is 13.8 Å². The molecule has 0 unspecified atom stereocenters. The van der Waals surface area contributed by atoms with E-state index in [0.717, 1.165) is 12.8 Å². The van der Waals surface area contributed by atoms with E-state index in [1.807, 2.05) is 13.8 Å². The van der Waals surface area contributed by atoms with Crippen LogP contribution < -0.4 is 10.6 Å². The number of hydrogen-bond donors (Lipinski definition) is 3. The van der Waals surface area contributed by atoms with E-state index in [1.54, 1.807) is 12.1 Å². The monoisotopic (exact) mass is 296 g/mol. The van der Waals surface area contributed by atoms with Gasteiger partial charge in [0.05, 0.1) is 12.9 Å². The van der Waals surface area contributed by atoms with E-state index in [0.29, 0.717) is 6.54 Å². The first-order valence-corrected chi connectivity index (χ1v) is 7.26. The Morgan fingerprint density at radius 2 is 2.00 bits per heavy atom. The van der Waals surface area contributed by atoms with Gasteiger partial charge in [-0.2, -0.15) is 0 Å². The quantitative estimate of drug-likeness (QED) is 0.641. The van der Waals surface area contributed by atoms with E-state index in [1.165, 1.54) is 6.26 Å². The van der Waals surface area contributed by atoms with Gasteiger partial charge in [-0.15, -0.1) is 0 Å². The lowest BCUT2D eigenvalue weighted by Crippen LogP contribution is -2.40. The van der Waals surface area contributed by atoms with Gasteiger partial charge in [0.2, 0.25) is 5.91 Å². The van der Waals surface area contributed by atoms with Crippen LogP contribution in [0.4, 0.5) is 0 Å². The summed E-state index contributed by atoms with van der Waals surface area (Å²) in [7, 11) is 0. The second-order valence-corrected chi connectivity index (χ2v) is 5.13. The normalized spacial score (nSPS) is 11.2. The van der Waals surface area contributed by atoms with Gasteiger partial charge in [-0.3, -0.25) is 9.59 Å². The van der Waals surface area contributed by atoms with Gasteiger partial charge in [-0.05, 0) is 25.0 Å². The number of carbonyl (C=O) groups excluding carboxylic acids is 2. The van der Waals surface area contributed by atoms with Crippen LogP contribution in [0, 0.1) is 5.41 Å². The van der Waals surface area contributed by atoms with E-state index in [-0.39, 0.29) is 42.6 Å². The number of hydrogen-bond acceptors (Lipinski definition) is 4. The smallest absolute Gasteiger partial charge is 0.286 e. The van der Waals surface area contributed by atoms with Crippen molar-refractivity contribution in [1.29, 1.82) is 0 Å². The Morgan fingerprint density at radius 3 is 2.52 bits per heavy atom. The SMILES string of the molecule is CCC(CC)(CO)CNC(=O)CCNC(=O)c1ccco1. The average molecular weight is 296 g/mol. The fourth-order valence-corrected chi connectivity index (χ4v) is 1.94. The summed E-state index contributed by atoms with van der Waals surface area (Å²) in [5, 5.41) is 14.8. The minimum Gasteiger partial charge on any atom is -0.459 e. The van der Waals surface area contributed by atoms with Crippen molar-refractivity contribution < 1.29 is 19.1 Å². The number of furan rings is 1. The maximum absolute atomic E-state index is 11.7. The first kappa shape index (κ1) is 17.2. The summed E-state index contributed by atoms with van der Waals surface area (Å²) < 4.78 is 4.95. The van der Waals surface area contributed by atoms with E-state index in [2.05, 4.69) is 10.6 Å². The number of rotatable bonds is 9. The lowest BCUT2D eigenvalue weighted by Gasteiger charge is -2.29. The van der Waals surface area contributed by atoms with Crippen LogP contribution in [-0.2, 0) is 4.79 Å². The van der Waals surface area contributed by atoms with Crippen LogP contribution in [0.2, 0.25) is 0 Å². The van der Waals surface area contributed by atoms with Crippen molar-refractivity contribution in [3.8, 4) is 0 Å². The molecule has 0 saturated carbocycles. The van der Waals surface area contributed by atoms with E-state index in [4.69, 9.17) is 4.42 Å². The summed E-state index contributed by atoms with van der Waals surface area (Å²) in [6.07, 6.45) is 3.22. The van der Waals surface area contributed by atoms with Crippen molar-refractivity contribution in [3.63, 3.8) is 0 Å². The summed E-state index contributed by atoms with van der Waals surface area (Å²) in [5.74, 6) is -0.249. The van der Waals surface area contributed by atoms with Gasteiger partial charge in [0.1, 0.15) is 0 Å². The third-order valence-corrected chi connectivity index (χ3v) is 3.88. The minimum absolute atomic E-state index is 0.0511. The zero-order valence-corrected chi connectivity index (χ0v) is 12.6. The molecular weight excluding hydrogens is 272 g/mol. The molecule has 3 N–H and O–H groups in total. The highest BCUT2D eigenvalue weighted by Crippen LogP contribution is 2.24. The molecule has 1 heterocycles. The molecule has 1 aromatic rings. The largest absolute Gasteiger partial charge is 0.459 e. The molecule has 118 valence electrons. The third kappa shape index (κ3) is 5.23. The van der Waals surface area contributed by atoms with Gasteiger partial charge in [0.25, 0.3) is 5.91 Å². The van der Waals surface area contributed by atoms with Crippen LogP contribution >= 0.6 is 0 Å². The van der Waals surface area contributed by atoms with Crippen molar-refractivity contribution >= 4 is 11.8 Å². The van der Waals surface area contributed by atoms with E-state index < -0.39 is 0 Å². The topological polar surface area (TPSA) is 91.6 Å². The second-order valence-electron chi connectivity index (χ2n) is 5.13. The second kappa shape index (κ2) is 8.46. The van der Waals surface area contributed by atoms with Gasteiger partial charge in [-0.25, -0.2) is 0 Å². The molecule has 1 aromatic heterocycles. The predicted molar refractivity (Wildman–Crippen MR) is 78.8 cm³/mol. The molecule has 0 fully saturated rings. The zero-order chi connectivity index (χ0) is 15.7. The van der Waals surface area contributed by atoms with Gasteiger partial charge < -0.3 is 20.2 Å². The standard InChI is InChI=1S/C15H24N2O4/c1-3-15(4-2,11-18)10-17-13(19)7-8-16-14(20)12-6-5-9-21-12/h5-6,9,18H,3-4,7-8,10-11H2,1-2H3,(H,16,20)(H,17,19). The minimum atomic E-state index is -0.334. The van der Waals surface area contributed by atoms with Crippen molar-refractivity contribution in [2.45, 2.75) is 33.1 Å². The van der Waals surface area contributed by atoms with E-state index in [9.17, 15) is 14.7 Å². The zero-order valence-electron chi connectivity index (χ0n) is 12.6. The summed E-state index contributed by atoms with van der Waals surface area (Å²) in [4.78, 5) is 23.3. The molecule has 0 radical (unpaired) electrons. The Kier molecular flexibility index (Phi) is 6.94. The van der Waals surface area contributed by atoms with Crippen molar-refractivity contribution in [2.24, 2.45) is 5.41 Å². The maximum atomic E-state index is 11.7. The summed E-state index contributed by atoms with van der Waals surface area (Å²) in [6, 6.07) is 3.19. The fourth-order valence-electron chi connectivity index (χ4n) is 1.94. The number of aliphatic hydroxyl groups excluding tert-OH is 1. The summed E-state index contributed by atoms with van der Waals surface area (Å²) >= 11 is 0. The molecule has 0 bridgehead atoms. The van der Waals surface area contributed by atoms with Crippen molar-refractivity contribution in [1.82, 2.24) is 10.6 Å². The van der Waals surface area contributed by atoms with Gasteiger partial charge >= 0.3 is 0 Å². The third-order valence-electron chi connectivity index (χ3n) is 3.88. The Bertz CT molecular complexity index is 430. The fraction of sp³-hybridized carbons (Fsp3) is 0.600. The molecule has 6 heteroatoms. The molecule has 0 saturated heterocycles. The van der Waals surface area contributed by atoms with Crippen LogP contribution in [0.3, 0.4) is 0 Å². The summed E-state index contributed by atoms with van der Waals surface area (Å²) in [6.45, 7) is 4.73. The highest BCUT2D eigenvalue weighted by Gasteiger charge is 2.25. The number of amides is 2. The Labute approximate surface area is 124 Å². The van der Waals surface area contributed by atoms with Crippen molar-refractivity contribution in [2.75, 3.05) is 19.7 Å². The first-order valence-electron chi connectivity index (χ1n) is 7.26. The molecule has 1 rings (SSSR count). The predicted octanol–water partition coefficient (Wildman–Crippen LogP) is 1.31. The molecular formula is C15H24N2O4. The molecule has 0 aliphatic rings. The molecule has 2 amide bonds. The molecule has 6 nitrogen and oxygen atoms in total. The maximum Gasteiger partial charge on any atom is 0.286 e. The van der Waals surface area contributed by atoms with E-state index >= 15 is 0 Å². The van der Waals surface area contributed by atoms with Crippen LogP contribution in [0.25, 0.3) is 0 Å². The molecule has 0 aromatic carbocycles. The Hall–Kier alpha value is -1.82. The van der Waals surface area contributed by atoms with Crippen LogP contribution in [0.1, 0.15) is 43.7 Å².